The lowest BCUT2D eigenvalue weighted by Gasteiger charge is -1.87. The number of hydrogen-bond acceptors (Lipinski definition) is 4. The van der Waals surface area contributed by atoms with Gasteiger partial charge in [-0.15, -0.1) is 24.4 Å². The summed E-state index contributed by atoms with van der Waals surface area (Å²) < 4.78 is 0. The third-order valence-electron chi connectivity index (χ3n) is 0.627. The SMILES string of the molecule is CS/C(C#N)=C(\S)C#N. The predicted molar refractivity (Wildman–Crippen MR) is 40.8 cm³/mol. The molecule has 0 aliphatic rings. The highest BCUT2D eigenvalue weighted by molar-refractivity contribution is 8.03. The van der Waals surface area contributed by atoms with E-state index in [0.29, 0.717) is 4.91 Å². The average molecular weight is 156 g/mol. The van der Waals surface area contributed by atoms with Gasteiger partial charge in [-0.3, -0.25) is 0 Å². The summed E-state index contributed by atoms with van der Waals surface area (Å²) in [5.74, 6) is 0. The van der Waals surface area contributed by atoms with Crippen molar-refractivity contribution < 1.29 is 0 Å². The van der Waals surface area contributed by atoms with Crippen molar-refractivity contribution in [3.63, 3.8) is 0 Å². The lowest BCUT2D eigenvalue weighted by Crippen LogP contribution is -1.72. The Morgan fingerprint density at radius 1 is 1.44 bits per heavy atom. The number of hydrogen-bond donors (Lipinski definition) is 1. The maximum Gasteiger partial charge on any atom is 0.109 e. The summed E-state index contributed by atoms with van der Waals surface area (Å²) in [5.41, 5.74) is 0. The number of thioether (sulfide) groups is 1. The summed E-state index contributed by atoms with van der Waals surface area (Å²) in [5, 5.41) is 16.5. The monoisotopic (exact) mass is 156 g/mol. The molecule has 9 heavy (non-hydrogen) atoms. The third kappa shape index (κ3) is 2.46. The smallest absolute Gasteiger partial charge is 0.109 e. The van der Waals surface area contributed by atoms with Gasteiger partial charge in [0.05, 0.1) is 0 Å². The summed E-state index contributed by atoms with van der Waals surface area (Å²) in [7, 11) is 0. The molecule has 0 unspecified atom stereocenters. The Morgan fingerprint density at radius 2 is 2.00 bits per heavy atom. The molecule has 0 spiro atoms. The van der Waals surface area contributed by atoms with Gasteiger partial charge in [0.15, 0.2) is 0 Å². The third-order valence-corrected chi connectivity index (χ3v) is 1.81. The van der Waals surface area contributed by atoms with Crippen LogP contribution in [0, 0.1) is 22.7 Å². The first kappa shape index (κ1) is 8.42. The molecule has 0 aromatic carbocycles. The molecule has 0 N–H and O–H groups in total. The van der Waals surface area contributed by atoms with Crippen molar-refractivity contribution in [1.82, 2.24) is 0 Å². The molecule has 0 aliphatic carbocycles. The fourth-order valence-corrected chi connectivity index (χ4v) is 0.900. The Balaban J connectivity index is 4.49. The lowest BCUT2D eigenvalue weighted by molar-refractivity contribution is 1.50. The van der Waals surface area contributed by atoms with Crippen LogP contribution in [-0.4, -0.2) is 6.26 Å². The second-order valence-corrected chi connectivity index (χ2v) is 2.37. The van der Waals surface area contributed by atoms with E-state index in [9.17, 15) is 0 Å². The van der Waals surface area contributed by atoms with E-state index in [1.165, 1.54) is 11.8 Å². The van der Waals surface area contributed by atoms with E-state index >= 15 is 0 Å². The zero-order valence-corrected chi connectivity index (χ0v) is 6.46. The minimum absolute atomic E-state index is 0.185. The van der Waals surface area contributed by atoms with Crippen molar-refractivity contribution in [2.45, 2.75) is 0 Å². The fraction of sp³-hybridized carbons (Fsp3) is 0.200. The highest BCUT2D eigenvalue weighted by Crippen LogP contribution is 2.17. The number of thiol groups is 1. The minimum Gasteiger partial charge on any atom is -0.192 e. The van der Waals surface area contributed by atoms with Crippen molar-refractivity contribution in [3.8, 4) is 12.1 Å². The van der Waals surface area contributed by atoms with E-state index in [1.807, 2.05) is 6.07 Å². The van der Waals surface area contributed by atoms with Crippen molar-refractivity contribution in [2.75, 3.05) is 6.26 Å². The van der Waals surface area contributed by atoms with Crippen molar-refractivity contribution in [3.05, 3.63) is 9.81 Å². The topological polar surface area (TPSA) is 47.6 Å². The first-order valence-electron chi connectivity index (χ1n) is 2.03. The van der Waals surface area contributed by atoms with E-state index in [1.54, 1.807) is 12.3 Å². The van der Waals surface area contributed by atoms with Gasteiger partial charge in [0, 0.05) is 0 Å². The van der Waals surface area contributed by atoms with Gasteiger partial charge in [-0.05, 0) is 6.26 Å². The van der Waals surface area contributed by atoms with E-state index in [0.717, 1.165) is 0 Å². The molecule has 0 aromatic rings. The van der Waals surface area contributed by atoms with Crippen LogP contribution >= 0.6 is 24.4 Å². The standard InChI is InChI=1S/C5H4N2S2/c1-9-5(3-7)4(8)2-6/h8H,1H3/b5-4-. The van der Waals surface area contributed by atoms with Gasteiger partial charge < -0.3 is 0 Å². The van der Waals surface area contributed by atoms with Crippen LogP contribution in [0.2, 0.25) is 0 Å². The lowest BCUT2D eigenvalue weighted by atomic mass is 10.5. The second-order valence-electron chi connectivity index (χ2n) is 1.11. The molecule has 0 radical (unpaired) electrons. The molecule has 0 fully saturated rings. The van der Waals surface area contributed by atoms with Gasteiger partial charge in [-0.25, -0.2) is 0 Å². The fourth-order valence-electron chi connectivity index (χ4n) is 0.246. The van der Waals surface area contributed by atoms with Gasteiger partial charge in [0.1, 0.15) is 21.9 Å². The van der Waals surface area contributed by atoms with Crippen molar-refractivity contribution in [2.24, 2.45) is 0 Å². The molecule has 0 saturated carbocycles. The zero-order valence-electron chi connectivity index (χ0n) is 4.75. The molecule has 0 aliphatic heterocycles. The van der Waals surface area contributed by atoms with E-state index in [-0.39, 0.29) is 4.91 Å². The normalized spacial score (nSPS) is 11.1. The van der Waals surface area contributed by atoms with Gasteiger partial charge in [0.2, 0.25) is 0 Å². The predicted octanol–water partition coefficient (Wildman–Crippen LogP) is 1.54. The molecule has 0 aromatic heterocycles. The molecular formula is C5H4N2S2. The Hall–Kier alpha value is -0.580. The molecule has 0 saturated heterocycles. The molecule has 0 rings (SSSR count). The van der Waals surface area contributed by atoms with Gasteiger partial charge >= 0.3 is 0 Å². The van der Waals surface area contributed by atoms with Crippen LogP contribution in [0.5, 0.6) is 0 Å². The molecule has 46 valence electrons. The molecule has 2 nitrogen and oxygen atoms in total. The summed E-state index contributed by atoms with van der Waals surface area (Å²) >= 11 is 4.98. The highest BCUT2D eigenvalue weighted by Gasteiger charge is 1.97. The zero-order chi connectivity index (χ0) is 7.28. The molecule has 0 heterocycles. The Bertz CT molecular complexity index is 206. The maximum atomic E-state index is 8.30. The summed E-state index contributed by atoms with van der Waals surface area (Å²) in [6.07, 6.45) is 1.73. The number of nitrogens with zero attached hydrogens (tertiary/aromatic N) is 2. The Kier molecular flexibility index (Phi) is 4.04. The van der Waals surface area contributed by atoms with Crippen LogP contribution in [0.25, 0.3) is 0 Å². The maximum absolute atomic E-state index is 8.30. The Labute approximate surface area is 63.6 Å². The van der Waals surface area contributed by atoms with Gasteiger partial charge in [0.25, 0.3) is 0 Å². The van der Waals surface area contributed by atoms with Crippen molar-refractivity contribution in [1.29, 1.82) is 10.5 Å². The summed E-state index contributed by atoms with van der Waals surface area (Å²) in [4.78, 5) is 0.547. The van der Waals surface area contributed by atoms with Crippen LogP contribution in [0.1, 0.15) is 0 Å². The number of rotatable bonds is 1. The van der Waals surface area contributed by atoms with Crippen LogP contribution < -0.4 is 0 Å². The van der Waals surface area contributed by atoms with E-state index < -0.39 is 0 Å². The second kappa shape index (κ2) is 4.31. The largest absolute Gasteiger partial charge is 0.192 e. The highest BCUT2D eigenvalue weighted by atomic mass is 32.2. The van der Waals surface area contributed by atoms with Crippen LogP contribution in [0.15, 0.2) is 9.81 Å². The molecule has 4 heteroatoms. The number of nitriles is 2. The molecule has 0 bridgehead atoms. The van der Waals surface area contributed by atoms with Crippen LogP contribution in [-0.2, 0) is 0 Å². The van der Waals surface area contributed by atoms with E-state index in [2.05, 4.69) is 12.6 Å². The first-order valence-corrected chi connectivity index (χ1v) is 3.71. The van der Waals surface area contributed by atoms with Crippen molar-refractivity contribution >= 4 is 24.4 Å². The quantitative estimate of drug-likeness (QED) is 0.462. The van der Waals surface area contributed by atoms with Gasteiger partial charge in [-0.2, -0.15) is 10.5 Å². The molecule has 0 amide bonds. The van der Waals surface area contributed by atoms with Crippen LogP contribution in [0.4, 0.5) is 0 Å². The van der Waals surface area contributed by atoms with E-state index in [4.69, 9.17) is 10.5 Å². The number of allylic oxidation sites excluding steroid dienone is 2. The Morgan fingerprint density at radius 3 is 2.11 bits per heavy atom. The summed E-state index contributed by atoms with van der Waals surface area (Å²) in [6, 6.07) is 3.61. The molecular weight excluding hydrogens is 152 g/mol. The average Bonchev–Trinajstić information content (AvgIpc) is 1.90. The van der Waals surface area contributed by atoms with Gasteiger partial charge in [-0.1, -0.05) is 0 Å². The molecule has 0 atom stereocenters. The summed E-state index contributed by atoms with van der Waals surface area (Å²) in [6.45, 7) is 0. The van der Waals surface area contributed by atoms with Crippen LogP contribution in [0.3, 0.4) is 0 Å². The first-order chi connectivity index (χ1) is 4.26. The minimum atomic E-state index is 0.185.